The molecule has 0 aliphatic carbocycles. The largest absolute Gasteiger partial charge is 0.457 e. The average molecular weight is 258 g/mol. The number of hydrogen-bond donors (Lipinski definition) is 1. The summed E-state index contributed by atoms with van der Waals surface area (Å²) < 4.78 is 5.47. The van der Waals surface area contributed by atoms with Gasteiger partial charge in [0.2, 0.25) is 5.91 Å². The van der Waals surface area contributed by atoms with Crippen molar-refractivity contribution in [1.29, 1.82) is 0 Å². The fourth-order valence-electron chi connectivity index (χ4n) is 1.48. The third kappa shape index (κ3) is 3.06. The molecule has 0 saturated carbocycles. The van der Waals surface area contributed by atoms with Gasteiger partial charge in [0.1, 0.15) is 11.5 Å². The zero-order valence-corrected chi connectivity index (χ0v) is 9.78. The van der Waals surface area contributed by atoms with Crippen molar-refractivity contribution in [3.8, 4) is 11.5 Å². The van der Waals surface area contributed by atoms with Crippen LogP contribution in [-0.4, -0.2) is 10.8 Å². The molecule has 2 N–H and O–H groups in total. The Kier molecular flexibility index (Phi) is 3.42. The number of amides is 1. The Morgan fingerprint density at radius 3 is 2.37 bits per heavy atom. The van der Waals surface area contributed by atoms with Gasteiger partial charge in [0.05, 0.1) is 4.92 Å². The Balaban J connectivity index is 2.19. The van der Waals surface area contributed by atoms with Crippen molar-refractivity contribution in [2.45, 2.75) is 0 Å². The molecular formula is C13H10N2O4. The minimum atomic E-state index is -0.547. The molecule has 0 aliphatic heterocycles. The quantitative estimate of drug-likeness (QED) is 0.673. The number of hydrogen-bond acceptors (Lipinski definition) is 4. The van der Waals surface area contributed by atoms with E-state index in [1.807, 2.05) is 0 Å². The number of carbonyl (C=O) groups is 1. The van der Waals surface area contributed by atoms with Crippen LogP contribution in [0, 0.1) is 10.1 Å². The van der Waals surface area contributed by atoms with E-state index in [0.29, 0.717) is 17.1 Å². The van der Waals surface area contributed by atoms with Crippen LogP contribution in [-0.2, 0) is 0 Å². The van der Waals surface area contributed by atoms with Gasteiger partial charge < -0.3 is 10.5 Å². The van der Waals surface area contributed by atoms with Crippen molar-refractivity contribution in [1.82, 2.24) is 0 Å². The van der Waals surface area contributed by atoms with E-state index in [-0.39, 0.29) is 5.69 Å². The molecule has 2 rings (SSSR count). The monoisotopic (exact) mass is 258 g/mol. The van der Waals surface area contributed by atoms with E-state index >= 15 is 0 Å². The predicted octanol–water partition coefficient (Wildman–Crippen LogP) is 2.49. The molecule has 1 amide bonds. The molecule has 2 aromatic carbocycles. The molecule has 0 heterocycles. The Bertz CT molecular complexity index is 623. The predicted molar refractivity (Wildman–Crippen MR) is 68.1 cm³/mol. The van der Waals surface area contributed by atoms with E-state index in [9.17, 15) is 14.9 Å². The first-order chi connectivity index (χ1) is 9.06. The van der Waals surface area contributed by atoms with Crippen LogP contribution in [0.25, 0.3) is 0 Å². The minimum absolute atomic E-state index is 0.0155. The third-order valence-corrected chi connectivity index (χ3v) is 2.40. The maximum absolute atomic E-state index is 11.0. The molecule has 0 spiro atoms. The molecule has 6 heteroatoms. The summed E-state index contributed by atoms with van der Waals surface area (Å²) in [6.07, 6.45) is 0. The Morgan fingerprint density at radius 1 is 1.11 bits per heavy atom. The number of non-ortho nitro benzene ring substituents is 1. The number of primary amides is 1. The van der Waals surface area contributed by atoms with Crippen molar-refractivity contribution in [2.75, 3.05) is 0 Å². The maximum atomic E-state index is 11.0. The van der Waals surface area contributed by atoms with E-state index in [4.69, 9.17) is 10.5 Å². The molecule has 0 atom stereocenters. The fourth-order valence-corrected chi connectivity index (χ4v) is 1.48. The van der Waals surface area contributed by atoms with Gasteiger partial charge in [0.15, 0.2) is 0 Å². The highest BCUT2D eigenvalue weighted by Crippen LogP contribution is 2.24. The fraction of sp³-hybridized carbons (Fsp3) is 0. The molecule has 0 bridgehead atoms. The Hall–Kier alpha value is -2.89. The molecule has 0 aliphatic rings. The van der Waals surface area contributed by atoms with Gasteiger partial charge in [-0.15, -0.1) is 0 Å². The van der Waals surface area contributed by atoms with Gasteiger partial charge in [-0.25, -0.2) is 0 Å². The van der Waals surface area contributed by atoms with Crippen molar-refractivity contribution >= 4 is 11.6 Å². The van der Waals surface area contributed by atoms with E-state index in [0.717, 1.165) is 0 Å². The van der Waals surface area contributed by atoms with Gasteiger partial charge in [-0.05, 0) is 30.3 Å². The van der Waals surface area contributed by atoms with Crippen LogP contribution >= 0.6 is 0 Å². The van der Waals surface area contributed by atoms with Gasteiger partial charge in [-0.2, -0.15) is 0 Å². The number of rotatable bonds is 4. The highest BCUT2D eigenvalue weighted by molar-refractivity contribution is 5.93. The lowest BCUT2D eigenvalue weighted by Gasteiger charge is -2.06. The Labute approximate surface area is 108 Å². The summed E-state index contributed by atoms with van der Waals surface area (Å²) in [4.78, 5) is 21.0. The summed E-state index contributed by atoms with van der Waals surface area (Å²) in [5.41, 5.74) is 5.48. The summed E-state index contributed by atoms with van der Waals surface area (Å²) in [5.74, 6) is 0.325. The van der Waals surface area contributed by atoms with Crippen molar-refractivity contribution in [3.63, 3.8) is 0 Å². The van der Waals surface area contributed by atoms with E-state index in [2.05, 4.69) is 0 Å². The first kappa shape index (κ1) is 12.6. The normalized spacial score (nSPS) is 9.89. The Morgan fingerprint density at radius 2 is 1.79 bits per heavy atom. The summed E-state index contributed by atoms with van der Waals surface area (Å²) in [6, 6.07) is 12.0. The number of nitrogens with two attached hydrogens (primary N) is 1. The van der Waals surface area contributed by atoms with E-state index in [1.165, 1.54) is 30.3 Å². The zero-order chi connectivity index (χ0) is 13.8. The molecule has 0 radical (unpaired) electrons. The molecule has 19 heavy (non-hydrogen) atoms. The van der Waals surface area contributed by atoms with Gasteiger partial charge in [0, 0.05) is 17.7 Å². The van der Waals surface area contributed by atoms with E-state index in [1.54, 1.807) is 18.2 Å². The first-order valence-corrected chi connectivity index (χ1v) is 5.38. The van der Waals surface area contributed by atoms with E-state index < -0.39 is 10.8 Å². The van der Waals surface area contributed by atoms with Crippen molar-refractivity contribution in [3.05, 3.63) is 64.2 Å². The molecule has 0 saturated heterocycles. The second kappa shape index (κ2) is 5.18. The molecule has 6 nitrogen and oxygen atoms in total. The summed E-state index contributed by atoms with van der Waals surface area (Å²) in [7, 11) is 0. The van der Waals surface area contributed by atoms with Crippen molar-refractivity contribution in [2.24, 2.45) is 5.73 Å². The number of nitro benzene ring substituents is 1. The molecule has 96 valence electrons. The number of nitrogens with zero attached hydrogens (tertiary/aromatic N) is 1. The summed E-state index contributed by atoms with van der Waals surface area (Å²) in [5, 5.41) is 10.5. The lowest BCUT2D eigenvalue weighted by atomic mass is 10.2. The summed E-state index contributed by atoms with van der Waals surface area (Å²) >= 11 is 0. The minimum Gasteiger partial charge on any atom is -0.457 e. The van der Waals surface area contributed by atoms with Crippen LogP contribution in [0.2, 0.25) is 0 Å². The summed E-state index contributed by atoms with van der Waals surface area (Å²) in [6.45, 7) is 0. The third-order valence-electron chi connectivity index (χ3n) is 2.40. The number of benzene rings is 2. The topological polar surface area (TPSA) is 95.5 Å². The molecule has 0 aromatic heterocycles. The maximum Gasteiger partial charge on any atom is 0.269 e. The van der Waals surface area contributed by atoms with Gasteiger partial charge in [0.25, 0.3) is 5.69 Å². The zero-order valence-electron chi connectivity index (χ0n) is 9.78. The smallest absolute Gasteiger partial charge is 0.269 e. The molecule has 2 aromatic rings. The average Bonchev–Trinajstić information content (AvgIpc) is 2.39. The number of carbonyl (C=O) groups excluding carboxylic acids is 1. The first-order valence-electron chi connectivity index (χ1n) is 5.38. The lowest BCUT2D eigenvalue weighted by molar-refractivity contribution is -0.384. The highest BCUT2D eigenvalue weighted by Gasteiger charge is 2.06. The molecule has 0 fully saturated rings. The van der Waals surface area contributed by atoms with Gasteiger partial charge in [-0.1, -0.05) is 6.07 Å². The van der Waals surface area contributed by atoms with Gasteiger partial charge in [-0.3, -0.25) is 14.9 Å². The van der Waals surface area contributed by atoms with Crippen LogP contribution in [0.4, 0.5) is 5.69 Å². The second-order valence-corrected chi connectivity index (χ2v) is 3.75. The van der Waals surface area contributed by atoms with Gasteiger partial charge >= 0.3 is 0 Å². The lowest BCUT2D eigenvalue weighted by Crippen LogP contribution is -2.10. The van der Waals surface area contributed by atoms with Crippen molar-refractivity contribution < 1.29 is 14.5 Å². The van der Waals surface area contributed by atoms with Crippen LogP contribution in [0.1, 0.15) is 10.4 Å². The number of ether oxygens (including phenoxy) is 1. The standard InChI is InChI=1S/C13H10N2O4/c14-13(16)9-2-1-3-12(8-9)19-11-6-4-10(5-7-11)15(17)18/h1-8H,(H2,14,16). The molecular weight excluding hydrogens is 248 g/mol. The SMILES string of the molecule is NC(=O)c1cccc(Oc2ccc([N+](=O)[O-])cc2)c1. The van der Waals surface area contributed by atoms with Crippen LogP contribution in [0.5, 0.6) is 11.5 Å². The van der Waals surface area contributed by atoms with Crippen LogP contribution in [0.15, 0.2) is 48.5 Å². The second-order valence-electron chi connectivity index (χ2n) is 3.75. The highest BCUT2D eigenvalue weighted by atomic mass is 16.6. The van der Waals surface area contributed by atoms with Crippen LogP contribution in [0.3, 0.4) is 0 Å². The number of nitro groups is 1. The van der Waals surface area contributed by atoms with Crippen LogP contribution < -0.4 is 10.5 Å². The molecule has 0 unspecified atom stereocenters.